The maximum Gasteiger partial charge on any atom is 0.218 e. The van der Waals surface area contributed by atoms with Crippen molar-refractivity contribution in [2.24, 2.45) is 0 Å². The van der Waals surface area contributed by atoms with Crippen LogP contribution in [0.2, 0.25) is 0 Å². The van der Waals surface area contributed by atoms with Gasteiger partial charge in [-0.1, -0.05) is 12.1 Å². The summed E-state index contributed by atoms with van der Waals surface area (Å²) in [7, 11) is 0. The van der Waals surface area contributed by atoms with Gasteiger partial charge in [-0.3, -0.25) is 0 Å². The highest BCUT2D eigenvalue weighted by molar-refractivity contribution is 9.10. The van der Waals surface area contributed by atoms with Gasteiger partial charge in [0.1, 0.15) is 12.4 Å². The third-order valence-corrected chi connectivity index (χ3v) is 3.61. The first kappa shape index (κ1) is 12.6. The number of fused-ring (bicyclic) bond motifs is 1. The summed E-state index contributed by atoms with van der Waals surface area (Å²) in [5.41, 5.74) is 2.05. The molecule has 1 aromatic heterocycles. The summed E-state index contributed by atoms with van der Waals surface area (Å²) < 4.78 is 20.1. The molecule has 2 aromatic rings. The first-order chi connectivity index (χ1) is 9.25. The number of rotatable bonds is 1. The lowest BCUT2D eigenvalue weighted by Gasteiger charge is -2.09. The van der Waals surface area contributed by atoms with Gasteiger partial charge in [-0.05, 0) is 34.1 Å². The van der Waals surface area contributed by atoms with Gasteiger partial charge in [0.2, 0.25) is 5.88 Å². The van der Waals surface area contributed by atoms with Crippen molar-refractivity contribution in [2.45, 2.75) is 6.54 Å². The van der Waals surface area contributed by atoms with Crippen LogP contribution in [0, 0.1) is 5.82 Å². The average molecular weight is 323 g/mol. The molecule has 0 radical (unpaired) electrons. The average Bonchev–Trinajstić information content (AvgIpc) is 2.66. The topological polar surface area (TPSA) is 34.1 Å². The predicted octanol–water partition coefficient (Wildman–Crippen LogP) is 3.13. The molecule has 0 amide bonds. The fourth-order valence-electron chi connectivity index (χ4n) is 2.02. The Morgan fingerprint density at radius 3 is 3.05 bits per heavy atom. The summed E-state index contributed by atoms with van der Waals surface area (Å²) in [5.74, 6) is 0.281. The fraction of sp³-hybridized carbons (Fsp3) is 0.214. The van der Waals surface area contributed by atoms with E-state index < -0.39 is 0 Å². The van der Waals surface area contributed by atoms with Gasteiger partial charge >= 0.3 is 0 Å². The van der Waals surface area contributed by atoms with Gasteiger partial charge in [0, 0.05) is 24.2 Å². The largest absolute Gasteiger partial charge is 0.476 e. The first-order valence-electron chi connectivity index (χ1n) is 6.03. The second-order valence-electron chi connectivity index (χ2n) is 4.29. The SMILES string of the molecule is Fc1c(Br)cccc1-c1ccc2c(n1)OCCNC2. The molecule has 1 N–H and O–H groups in total. The van der Waals surface area contributed by atoms with Crippen molar-refractivity contribution in [1.82, 2.24) is 10.3 Å². The van der Waals surface area contributed by atoms with Crippen molar-refractivity contribution in [1.29, 1.82) is 0 Å². The first-order valence-corrected chi connectivity index (χ1v) is 6.83. The number of benzene rings is 1. The highest BCUT2D eigenvalue weighted by Crippen LogP contribution is 2.29. The number of hydrogen-bond donors (Lipinski definition) is 1. The van der Waals surface area contributed by atoms with Crippen LogP contribution in [-0.4, -0.2) is 18.1 Å². The molecule has 0 unspecified atom stereocenters. The molecule has 0 bridgehead atoms. The molecular weight excluding hydrogens is 311 g/mol. The van der Waals surface area contributed by atoms with Crippen LogP contribution < -0.4 is 10.1 Å². The summed E-state index contributed by atoms with van der Waals surface area (Å²) >= 11 is 3.19. The molecule has 1 aliphatic heterocycles. The molecule has 0 aliphatic carbocycles. The van der Waals surface area contributed by atoms with Gasteiger partial charge in [-0.2, -0.15) is 0 Å². The molecule has 0 saturated heterocycles. The van der Waals surface area contributed by atoms with Crippen LogP contribution in [-0.2, 0) is 6.54 Å². The van der Waals surface area contributed by atoms with Crippen LogP contribution >= 0.6 is 15.9 Å². The summed E-state index contributed by atoms with van der Waals surface area (Å²) in [4.78, 5) is 4.42. The van der Waals surface area contributed by atoms with Crippen molar-refractivity contribution >= 4 is 15.9 Å². The van der Waals surface area contributed by atoms with Gasteiger partial charge < -0.3 is 10.1 Å². The molecule has 3 nitrogen and oxygen atoms in total. The van der Waals surface area contributed by atoms with Crippen LogP contribution in [0.25, 0.3) is 11.3 Å². The lowest BCUT2D eigenvalue weighted by Crippen LogP contribution is -2.16. The van der Waals surface area contributed by atoms with E-state index in [0.29, 0.717) is 28.2 Å². The van der Waals surface area contributed by atoms with Gasteiger partial charge in [0.05, 0.1) is 10.2 Å². The van der Waals surface area contributed by atoms with E-state index in [4.69, 9.17) is 4.74 Å². The number of hydrogen-bond acceptors (Lipinski definition) is 3. The fourth-order valence-corrected chi connectivity index (χ4v) is 2.39. The monoisotopic (exact) mass is 322 g/mol. The smallest absolute Gasteiger partial charge is 0.218 e. The van der Waals surface area contributed by atoms with Crippen molar-refractivity contribution in [2.75, 3.05) is 13.2 Å². The minimum atomic E-state index is -0.304. The van der Waals surface area contributed by atoms with E-state index in [2.05, 4.69) is 26.2 Å². The number of aromatic nitrogens is 1. The maximum absolute atomic E-state index is 14.1. The molecule has 1 aliphatic rings. The van der Waals surface area contributed by atoms with E-state index >= 15 is 0 Å². The van der Waals surface area contributed by atoms with E-state index in [1.54, 1.807) is 18.2 Å². The Morgan fingerprint density at radius 2 is 2.16 bits per heavy atom. The second kappa shape index (κ2) is 5.27. The van der Waals surface area contributed by atoms with Crippen molar-refractivity contribution in [3.8, 4) is 17.1 Å². The molecule has 5 heteroatoms. The van der Waals surface area contributed by atoms with E-state index in [9.17, 15) is 4.39 Å². The number of nitrogens with zero attached hydrogens (tertiary/aromatic N) is 1. The molecule has 0 fully saturated rings. The summed E-state index contributed by atoms with van der Waals surface area (Å²) in [6, 6.07) is 8.92. The Bertz CT molecular complexity index is 618. The highest BCUT2D eigenvalue weighted by atomic mass is 79.9. The van der Waals surface area contributed by atoms with Crippen LogP contribution in [0.4, 0.5) is 4.39 Å². The Morgan fingerprint density at radius 1 is 1.26 bits per heavy atom. The van der Waals surface area contributed by atoms with Crippen LogP contribution in [0.5, 0.6) is 5.88 Å². The van der Waals surface area contributed by atoms with Crippen LogP contribution in [0.3, 0.4) is 0 Å². The molecule has 0 spiro atoms. The molecule has 0 saturated carbocycles. The maximum atomic E-state index is 14.1. The van der Waals surface area contributed by atoms with Gasteiger partial charge in [0.15, 0.2) is 0 Å². The summed E-state index contributed by atoms with van der Waals surface area (Å²) in [6.07, 6.45) is 0. The molecule has 98 valence electrons. The zero-order valence-electron chi connectivity index (χ0n) is 10.1. The molecule has 3 rings (SSSR count). The summed E-state index contributed by atoms with van der Waals surface area (Å²) in [5, 5.41) is 3.24. The Balaban J connectivity index is 2.06. The number of pyridine rings is 1. The minimum Gasteiger partial charge on any atom is -0.476 e. The quantitative estimate of drug-likeness (QED) is 0.875. The molecular formula is C14H12BrFN2O. The van der Waals surface area contributed by atoms with Gasteiger partial charge in [-0.25, -0.2) is 9.37 Å². The molecule has 2 heterocycles. The van der Waals surface area contributed by atoms with E-state index in [1.807, 2.05) is 12.1 Å². The highest BCUT2D eigenvalue weighted by Gasteiger charge is 2.14. The zero-order valence-corrected chi connectivity index (χ0v) is 11.7. The van der Waals surface area contributed by atoms with E-state index in [1.165, 1.54) is 0 Å². The van der Waals surface area contributed by atoms with Crippen molar-refractivity contribution < 1.29 is 9.13 Å². The Kier molecular flexibility index (Phi) is 3.48. The third-order valence-electron chi connectivity index (χ3n) is 3.00. The predicted molar refractivity (Wildman–Crippen MR) is 74.5 cm³/mol. The van der Waals surface area contributed by atoms with Crippen molar-refractivity contribution in [3.05, 3.63) is 46.2 Å². The number of ether oxygens (including phenoxy) is 1. The lowest BCUT2D eigenvalue weighted by molar-refractivity contribution is 0.314. The van der Waals surface area contributed by atoms with Gasteiger partial charge in [0.25, 0.3) is 0 Å². The summed E-state index contributed by atoms with van der Waals surface area (Å²) in [6.45, 7) is 2.09. The molecule has 0 atom stereocenters. The van der Waals surface area contributed by atoms with Crippen molar-refractivity contribution in [3.63, 3.8) is 0 Å². The standard InChI is InChI=1S/C14H12BrFN2O/c15-11-3-1-2-10(13(11)16)12-5-4-9-8-17-6-7-19-14(9)18-12/h1-5,17H,6-8H2. The number of halogens is 2. The van der Waals surface area contributed by atoms with Crippen LogP contribution in [0.1, 0.15) is 5.56 Å². The van der Waals surface area contributed by atoms with Crippen LogP contribution in [0.15, 0.2) is 34.8 Å². The third kappa shape index (κ3) is 2.48. The Hall–Kier alpha value is -1.46. The van der Waals surface area contributed by atoms with E-state index in [0.717, 1.165) is 18.7 Å². The zero-order chi connectivity index (χ0) is 13.2. The molecule has 1 aromatic carbocycles. The molecule has 19 heavy (non-hydrogen) atoms. The van der Waals surface area contributed by atoms with Gasteiger partial charge in [-0.15, -0.1) is 0 Å². The lowest BCUT2D eigenvalue weighted by atomic mass is 10.1. The van der Waals surface area contributed by atoms with E-state index in [-0.39, 0.29) is 5.82 Å². The minimum absolute atomic E-state index is 0.304. The normalized spacial score (nSPS) is 14.4. The Labute approximate surface area is 118 Å². The second-order valence-corrected chi connectivity index (χ2v) is 5.14. The number of nitrogens with one attached hydrogen (secondary N) is 1.